The molecule has 2 rings (SSSR count). The van der Waals surface area contributed by atoms with Crippen molar-refractivity contribution in [3.63, 3.8) is 0 Å². The number of ether oxygens (including phenoxy) is 2. The molecule has 1 aromatic rings. The van der Waals surface area contributed by atoms with E-state index in [2.05, 4.69) is 10.1 Å². The van der Waals surface area contributed by atoms with Crippen molar-refractivity contribution in [2.24, 2.45) is 0 Å². The predicted molar refractivity (Wildman–Crippen MR) is 70.2 cm³/mol. The van der Waals surface area contributed by atoms with Crippen molar-refractivity contribution in [1.82, 2.24) is 15.0 Å². The summed E-state index contributed by atoms with van der Waals surface area (Å²) in [6.45, 7) is 1.12. The molecule has 10 heteroatoms. The van der Waals surface area contributed by atoms with Crippen LogP contribution in [0.5, 0.6) is 0 Å². The van der Waals surface area contributed by atoms with Crippen molar-refractivity contribution < 1.29 is 32.0 Å². The number of aromatic nitrogens is 2. The number of carbonyl (C=O) groups excluding carboxylic acids is 1. The highest BCUT2D eigenvalue weighted by molar-refractivity contribution is 5.77. The van der Waals surface area contributed by atoms with Crippen molar-refractivity contribution in [2.75, 3.05) is 26.9 Å². The summed E-state index contributed by atoms with van der Waals surface area (Å²) in [6.07, 6.45) is -4.90. The van der Waals surface area contributed by atoms with Gasteiger partial charge in [0.25, 0.3) is 5.89 Å². The van der Waals surface area contributed by atoms with Crippen LogP contribution in [0.2, 0.25) is 0 Å². The third kappa shape index (κ3) is 5.17. The van der Waals surface area contributed by atoms with E-state index in [4.69, 9.17) is 14.0 Å². The van der Waals surface area contributed by atoms with E-state index in [-0.39, 0.29) is 24.9 Å². The molecular formula is C13H18F3N3O4. The number of nitrogens with zero attached hydrogens (tertiary/aromatic N) is 3. The third-order valence-electron chi connectivity index (χ3n) is 3.36. The van der Waals surface area contributed by atoms with E-state index in [0.29, 0.717) is 26.1 Å². The average Bonchev–Trinajstić information content (AvgIpc) is 3.10. The topological polar surface area (TPSA) is 77.7 Å². The molecule has 0 aliphatic carbocycles. The Morgan fingerprint density at radius 3 is 2.91 bits per heavy atom. The predicted octanol–water partition coefficient (Wildman–Crippen LogP) is 1.85. The van der Waals surface area contributed by atoms with Crippen LogP contribution in [0.1, 0.15) is 37.0 Å². The van der Waals surface area contributed by atoms with E-state index in [0.717, 1.165) is 4.90 Å². The molecule has 1 aliphatic rings. The summed E-state index contributed by atoms with van der Waals surface area (Å²) in [5.74, 6) is -0.544. The van der Waals surface area contributed by atoms with Crippen LogP contribution in [0.25, 0.3) is 0 Å². The van der Waals surface area contributed by atoms with Crippen molar-refractivity contribution in [1.29, 1.82) is 0 Å². The first-order valence-electron chi connectivity index (χ1n) is 7.16. The molecule has 1 amide bonds. The molecule has 1 saturated heterocycles. The minimum atomic E-state index is -4.53. The smallest absolute Gasteiger partial charge is 0.382 e. The number of amides is 1. The average molecular weight is 337 g/mol. The lowest BCUT2D eigenvalue weighted by Gasteiger charge is -2.22. The normalized spacial score (nSPS) is 18.6. The first-order valence-corrected chi connectivity index (χ1v) is 7.16. The number of hydrogen-bond acceptors (Lipinski definition) is 6. The van der Waals surface area contributed by atoms with Crippen LogP contribution in [0.3, 0.4) is 0 Å². The zero-order chi connectivity index (χ0) is 16.9. The summed E-state index contributed by atoms with van der Waals surface area (Å²) in [5.41, 5.74) is 0. The Morgan fingerprint density at radius 1 is 1.43 bits per heavy atom. The Kier molecular flexibility index (Phi) is 5.94. The van der Waals surface area contributed by atoms with Crippen LogP contribution in [0.15, 0.2) is 4.52 Å². The Balaban J connectivity index is 1.94. The maximum absolute atomic E-state index is 12.4. The van der Waals surface area contributed by atoms with Crippen LogP contribution in [-0.2, 0) is 20.9 Å². The first-order chi connectivity index (χ1) is 10.9. The molecule has 1 unspecified atom stereocenters. The zero-order valence-corrected chi connectivity index (χ0v) is 12.6. The van der Waals surface area contributed by atoms with Crippen LogP contribution in [0, 0.1) is 0 Å². The number of likely N-dealkylation sites (tertiary alicyclic amines) is 1. The number of rotatable bonds is 7. The van der Waals surface area contributed by atoms with E-state index in [1.165, 1.54) is 0 Å². The molecule has 0 radical (unpaired) electrons. The molecule has 0 spiro atoms. The summed E-state index contributed by atoms with van der Waals surface area (Å²) >= 11 is 0. The lowest BCUT2D eigenvalue weighted by molar-refractivity contribution is -0.162. The summed E-state index contributed by atoms with van der Waals surface area (Å²) in [7, 11) is 1.54. The number of alkyl halides is 3. The zero-order valence-electron chi connectivity index (χ0n) is 12.6. The van der Waals surface area contributed by atoms with Crippen LogP contribution < -0.4 is 0 Å². The molecule has 7 nitrogen and oxygen atoms in total. The van der Waals surface area contributed by atoms with Gasteiger partial charge in [0.2, 0.25) is 5.91 Å². The molecule has 1 aromatic heterocycles. The summed E-state index contributed by atoms with van der Waals surface area (Å²) in [6, 6.07) is -0.582. The van der Waals surface area contributed by atoms with Gasteiger partial charge < -0.3 is 18.9 Å². The summed E-state index contributed by atoms with van der Waals surface area (Å²) in [4.78, 5) is 17.0. The molecular weight excluding hydrogens is 319 g/mol. The quantitative estimate of drug-likeness (QED) is 0.707. The monoisotopic (exact) mass is 337 g/mol. The number of halogens is 3. The van der Waals surface area contributed by atoms with Crippen LogP contribution in [-0.4, -0.2) is 54.0 Å². The number of hydrogen-bond donors (Lipinski definition) is 0. The maximum atomic E-state index is 12.4. The van der Waals surface area contributed by atoms with Gasteiger partial charge in [0.05, 0.1) is 19.3 Å². The molecule has 130 valence electrons. The molecule has 1 atom stereocenters. The minimum absolute atomic E-state index is 0.0829. The Morgan fingerprint density at radius 2 is 2.22 bits per heavy atom. The second-order valence-electron chi connectivity index (χ2n) is 5.13. The maximum Gasteiger partial charge on any atom is 0.397 e. The van der Waals surface area contributed by atoms with Crippen LogP contribution in [0.4, 0.5) is 13.2 Å². The highest BCUT2D eigenvalue weighted by Gasteiger charge is 2.39. The third-order valence-corrected chi connectivity index (χ3v) is 3.36. The van der Waals surface area contributed by atoms with Crippen LogP contribution >= 0.6 is 0 Å². The van der Waals surface area contributed by atoms with Gasteiger partial charge in [0, 0.05) is 13.7 Å². The van der Waals surface area contributed by atoms with Gasteiger partial charge in [0.15, 0.2) is 5.82 Å². The molecule has 0 saturated carbocycles. The lowest BCUT2D eigenvalue weighted by atomic mass is 10.2. The number of carbonyl (C=O) groups is 1. The van der Waals surface area contributed by atoms with Gasteiger partial charge in [-0.3, -0.25) is 4.79 Å². The van der Waals surface area contributed by atoms with Gasteiger partial charge in [0.1, 0.15) is 13.0 Å². The standard InChI is InChI=1S/C13H18F3N3O4/c1-21-5-6-22-8-10-17-12(18-23-10)9-3-2-4-19(9)11(20)7-13(14,15)16/h9H,2-8H2,1H3. The largest absolute Gasteiger partial charge is 0.397 e. The fraction of sp³-hybridized carbons (Fsp3) is 0.769. The minimum Gasteiger partial charge on any atom is -0.382 e. The SMILES string of the molecule is COCCOCc1nc(C2CCCN2C(=O)CC(F)(F)F)no1. The molecule has 0 aromatic carbocycles. The van der Waals surface area contributed by atoms with Gasteiger partial charge in [-0.15, -0.1) is 0 Å². The molecule has 23 heavy (non-hydrogen) atoms. The Labute approximate surface area is 130 Å². The first kappa shape index (κ1) is 17.7. The Bertz CT molecular complexity index is 521. The van der Waals surface area contributed by atoms with Crippen molar-refractivity contribution in [3.05, 3.63) is 11.7 Å². The summed E-state index contributed by atoms with van der Waals surface area (Å²) < 4.78 is 52.2. The van der Waals surface area contributed by atoms with Gasteiger partial charge in [-0.2, -0.15) is 18.2 Å². The van der Waals surface area contributed by atoms with Gasteiger partial charge in [-0.05, 0) is 12.8 Å². The van der Waals surface area contributed by atoms with E-state index >= 15 is 0 Å². The molecule has 0 bridgehead atoms. The molecule has 2 heterocycles. The highest BCUT2D eigenvalue weighted by atomic mass is 19.4. The van der Waals surface area contributed by atoms with E-state index < -0.39 is 24.5 Å². The van der Waals surface area contributed by atoms with Crippen molar-refractivity contribution in [2.45, 2.75) is 38.1 Å². The van der Waals surface area contributed by atoms with Crippen molar-refractivity contribution >= 4 is 5.91 Å². The lowest BCUT2D eigenvalue weighted by Crippen LogP contribution is -2.34. The fourth-order valence-electron chi connectivity index (χ4n) is 2.37. The molecule has 1 fully saturated rings. The molecule has 1 aliphatic heterocycles. The second-order valence-corrected chi connectivity index (χ2v) is 5.13. The molecule has 0 N–H and O–H groups in total. The van der Waals surface area contributed by atoms with Gasteiger partial charge >= 0.3 is 6.18 Å². The van der Waals surface area contributed by atoms with Gasteiger partial charge in [-0.1, -0.05) is 5.16 Å². The van der Waals surface area contributed by atoms with E-state index in [1.54, 1.807) is 7.11 Å². The number of methoxy groups -OCH3 is 1. The highest BCUT2D eigenvalue weighted by Crippen LogP contribution is 2.32. The second kappa shape index (κ2) is 7.73. The van der Waals surface area contributed by atoms with Gasteiger partial charge in [-0.25, -0.2) is 0 Å². The fourth-order valence-corrected chi connectivity index (χ4v) is 2.37. The Hall–Kier alpha value is -1.68. The van der Waals surface area contributed by atoms with E-state index in [1.807, 2.05) is 0 Å². The summed E-state index contributed by atoms with van der Waals surface area (Å²) in [5, 5.41) is 3.75. The van der Waals surface area contributed by atoms with Crippen molar-refractivity contribution in [3.8, 4) is 0 Å². The van der Waals surface area contributed by atoms with E-state index in [9.17, 15) is 18.0 Å².